The standard InChI is InChI=1S/C26H22ClFN4O2S/c1-15-13-21(17-5-2-3-8-20(17)29-15)30-24(33)22-14-35-25(31-22)16-9-11-32(12-10-16)26(34)23-18(27)6-4-7-19(23)28/h2-8,13-14,16H,9-12H2,1H3,(H,29,30,33). The minimum Gasteiger partial charge on any atom is -0.338 e. The van der Waals surface area contributed by atoms with Crippen LogP contribution in [0, 0.1) is 12.7 Å². The highest BCUT2D eigenvalue weighted by Crippen LogP contribution is 2.32. The van der Waals surface area contributed by atoms with Crippen molar-refractivity contribution in [3.63, 3.8) is 0 Å². The van der Waals surface area contributed by atoms with E-state index in [4.69, 9.17) is 11.6 Å². The van der Waals surface area contributed by atoms with Crippen LogP contribution in [0.1, 0.15) is 50.3 Å². The first-order valence-electron chi connectivity index (χ1n) is 11.3. The number of piperidine rings is 1. The van der Waals surface area contributed by atoms with Gasteiger partial charge in [-0.2, -0.15) is 0 Å². The third-order valence-electron chi connectivity index (χ3n) is 6.16. The van der Waals surface area contributed by atoms with Gasteiger partial charge < -0.3 is 10.2 Å². The molecule has 2 amide bonds. The molecule has 1 N–H and O–H groups in total. The summed E-state index contributed by atoms with van der Waals surface area (Å²) < 4.78 is 14.2. The Kier molecular flexibility index (Phi) is 6.49. The van der Waals surface area contributed by atoms with Crippen molar-refractivity contribution in [1.82, 2.24) is 14.9 Å². The second kappa shape index (κ2) is 9.71. The Morgan fingerprint density at radius 1 is 1.11 bits per heavy atom. The molecule has 0 spiro atoms. The average molecular weight is 509 g/mol. The predicted octanol–water partition coefficient (Wildman–Crippen LogP) is 6.06. The second-order valence-corrected chi connectivity index (χ2v) is 9.81. The molecule has 5 rings (SSSR count). The number of nitrogens with one attached hydrogen (secondary N) is 1. The molecule has 6 nitrogen and oxygen atoms in total. The largest absolute Gasteiger partial charge is 0.338 e. The summed E-state index contributed by atoms with van der Waals surface area (Å²) in [5.74, 6) is -1.15. The van der Waals surface area contributed by atoms with Crippen LogP contribution in [0.15, 0.2) is 53.9 Å². The van der Waals surface area contributed by atoms with Crippen molar-refractivity contribution in [2.75, 3.05) is 18.4 Å². The fourth-order valence-corrected chi connectivity index (χ4v) is 5.58. The first-order chi connectivity index (χ1) is 16.9. The minimum atomic E-state index is -0.614. The number of nitrogens with zero attached hydrogens (tertiary/aromatic N) is 3. The SMILES string of the molecule is Cc1cc(NC(=O)c2csc(C3CCN(C(=O)c4c(F)cccc4Cl)CC3)n2)c2ccccc2n1. The molecule has 35 heavy (non-hydrogen) atoms. The van der Waals surface area contributed by atoms with Crippen LogP contribution in [0.2, 0.25) is 5.02 Å². The Morgan fingerprint density at radius 2 is 1.89 bits per heavy atom. The van der Waals surface area contributed by atoms with Crippen molar-refractivity contribution in [2.45, 2.75) is 25.7 Å². The zero-order chi connectivity index (χ0) is 24.5. The summed E-state index contributed by atoms with van der Waals surface area (Å²) >= 11 is 7.51. The van der Waals surface area contributed by atoms with Gasteiger partial charge in [-0.3, -0.25) is 14.6 Å². The molecule has 0 bridgehead atoms. The van der Waals surface area contributed by atoms with E-state index in [0.29, 0.717) is 37.3 Å². The molecule has 1 aliphatic heterocycles. The Morgan fingerprint density at radius 3 is 2.66 bits per heavy atom. The van der Waals surface area contributed by atoms with Gasteiger partial charge in [-0.15, -0.1) is 11.3 Å². The molecule has 1 fully saturated rings. The summed E-state index contributed by atoms with van der Waals surface area (Å²) in [6.07, 6.45) is 1.36. The van der Waals surface area contributed by atoms with E-state index in [1.54, 1.807) is 10.3 Å². The number of hydrogen-bond donors (Lipinski definition) is 1. The highest BCUT2D eigenvalue weighted by Gasteiger charge is 2.29. The van der Waals surface area contributed by atoms with Crippen molar-refractivity contribution in [2.24, 2.45) is 0 Å². The number of halogens is 2. The Balaban J connectivity index is 1.25. The lowest BCUT2D eigenvalue weighted by molar-refractivity contribution is 0.0708. The number of likely N-dealkylation sites (tertiary alicyclic amines) is 1. The topological polar surface area (TPSA) is 75.2 Å². The Labute approximate surface area is 210 Å². The van der Waals surface area contributed by atoms with Crippen LogP contribution >= 0.6 is 22.9 Å². The van der Waals surface area contributed by atoms with Crippen LogP contribution in [0.5, 0.6) is 0 Å². The number of aromatic nitrogens is 2. The number of fused-ring (bicyclic) bond motifs is 1. The van der Waals surface area contributed by atoms with E-state index in [1.807, 2.05) is 37.3 Å². The van der Waals surface area contributed by atoms with Crippen molar-refractivity contribution < 1.29 is 14.0 Å². The number of para-hydroxylation sites is 1. The third-order valence-corrected chi connectivity index (χ3v) is 7.48. The number of aryl methyl sites for hydroxylation is 1. The molecular formula is C26H22ClFN4O2S. The molecular weight excluding hydrogens is 487 g/mol. The van der Waals surface area contributed by atoms with E-state index >= 15 is 0 Å². The second-order valence-electron chi connectivity index (χ2n) is 8.52. The molecule has 1 saturated heterocycles. The molecule has 3 heterocycles. The van der Waals surface area contributed by atoms with Crippen LogP contribution in [0.3, 0.4) is 0 Å². The summed E-state index contributed by atoms with van der Waals surface area (Å²) in [6.45, 7) is 2.83. The lowest BCUT2D eigenvalue weighted by Gasteiger charge is -2.31. The van der Waals surface area contributed by atoms with E-state index < -0.39 is 11.7 Å². The zero-order valence-corrected chi connectivity index (χ0v) is 20.5. The monoisotopic (exact) mass is 508 g/mol. The van der Waals surface area contributed by atoms with Gasteiger partial charge in [0.1, 0.15) is 11.5 Å². The lowest BCUT2D eigenvalue weighted by atomic mass is 9.97. The van der Waals surface area contributed by atoms with Gasteiger partial charge >= 0.3 is 0 Å². The number of hydrogen-bond acceptors (Lipinski definition) is 5. The number of pyridine rings is 1. The lowest BCUT2D eigenvalue weighted by Crippen LogP contribution is -2.38. The van der Waals surface area contributed by atoms with E-state index in [9.17, 15) is 14.0 Å². The highest BCUT2D eigenvalue weighted by molar-refractivity contribution is 7.10. The molecule has 2 aromatic carbocycles. The number of rotatable bonds is 4. The summed E-state index contributed by atoms with van der Waals surface area (Å²) in [4.78, 5) is 36.5. The van der Waals surface area contributed by atoms with Gasteiger partial charge in [0, 0.05) is 35.5 Å². The summed E-state index contributed by atoms with van der Waals surface area (Å²) in [7, 11) is 0. The van der Waals surface area contributed by atoms with Crippen LogP contribution in [0.25, 0.3) is 10.9 Å². The van der Waals surface area contributed by atoms with E-state index in [0.717, 1.165) is 21.6 Å². The maximum Gasteiger partial charge on any atom is 0.275 e. The van der Waals surface area contributed by atoms with E-state index in [1.165, 1.54) is 29.5 Å². The van der Waals surface area contributed by atoms with Gasteiger partial charge in [0.2, 0.25) is 0 Å². The molecule has 1 aliphatic rings. The summed E-state index contributed by atoms with van der Waals surface area (Å²) in [6, 6.07) is 13.7. The van der Waals surface area contributed by atoms with Crippen LogP contribution in [-0.4, -0.2) is 39.8 Å². The molecule has 0 unspecified atom stereocenters. The molecule has 0 saturated carbocycles. The molecule has 2 aromatic heterocycles. The van der Waals surface area contributed by atoms with Gasteiger partial charge in [0.05, 0.1) is 26.8 Å². The number of carbonyl (C=O) groups excluding carboxylic acids is 2. The maximum atomic E-state index is 14.2. The average Bonchev–Trinajstić information content (AvgIpc) is 3.34. The Bertz CT molecular complexity index is 1410. The van der Waals surface area contributed by atoms with Crippen molar-refractivity contribution >= 4 is 51.3 Å². The van der Waals surface area contributed by atoms with Crippen LogP contribution in [-0.2, 0) is 0 Å². The summed E-state index contributed by atoms with van der Waals surface area (Å²) in [5.41, 5.74) is 2.61. The number of amides is 2. The third kappa shape index (κ3) is 4.76. The minimum absolute atomic E-state index is 0.0836. The number of anilines is 1. The van der Waals surface area contributed by atoms with Crippen molar-refractivity contribution in [3.05, 3.63) is 86.7 Å². The molecule has 0 radical (unpaired) electrons. The van der Waals surface area contributed by atoms with Gasteiger partial charge in [-0.25, -0.2) is 9.37 Å². The predicted molar refractivity (Wildman–Crippen MR) is 136 cm³/mol. The smallest absolute Gasteiger partial charge is 0.275 e. The molecule has 178 valence electrons. The van der Waals surface area contributed by atoms with Crippen molar-refractivity contribution in [1.29, 1.82) is 0 Å². The fourth-order valence-electron chi connectivity index (χ4n) is 4.37. The fraction of sp³-hybridized carbons (Fsp3) is 0.231. The van der Waals surface area contributed by atoms with Crippen molar-refractivity contribution in [3.8, 4) is 0 Å². The normalized spacial score (nSPS) is 14.3. The number of benzene rings is 2. The number of carbonyl (C=O) groups is 2. The van der Waals surface area contributed by atoms with Gasteiger partial charge in [0.15, 0.2) is 0 Å². The number of thiazole rings is 1. The molecule has 9 heteroatoms. The van der Waals surface area contributed by atoms with Crippen LogP contribution in [0.4, 0.5) is 10.1 Å². The highest BCUT2D eigenvalue weighted by atomic mass is 35.5. The van der Waals surface area contributed by atoms with Gasteiger partial charge in [-0.1, -0.05) is 35.9 Å². The van der Waals surface area contributed by atoms with Crippen LogP contribution < -0.4 is 5.32 Å². The first-order valence-corrected chi connectivity index (χ1v) is 12.5. The summed E-state index contributed by atoms with van der Waals surface area (Å²) in [5, 5.41) is 6.58. The maximum absolute atomic E-state index is 14.2. The molecule has 0 atom stereocenters. The molecule has 4 aromatic rings. The van der Waals surface area contributed by atoms with Gasteiger partial charge in [0.25, 0.3) is 11.8 Å². The first kappa shape index (κ1) is 23.4. The quantitative estimate of drug-likeness (QED) is 0.363. The van der Waals surface area contributed by atoms with Gasteiger partial charge in [-0.05, 0) is 44.0 Å². The molecule has 0 aliphatic carbocycles. The van der Waals surface area contributed by atoms with E-state index in [2.05, 4.69) is 15.3 Å². The Hall–Kier alpha value is -3.36. The zero-order valence-electron chi connectivity index (χ0n) is 18.9. The van der Waals surface area contributed by atoms with E-state index in [-0.39, 0.29) is 22.4 Å².